The molecule has 1 fully saturated rings. The highest BCUT2D eigenvalue weighted by Gasteiger charge is 2.33. The average molecular weight is 279 g/mol. The van der Waals surface area contributed by atoms with Crippen LogP contribution in [0.1, 0.15) is 12.8 Å². The van der Waals surface area contributed by atoms with E-state index in [9.17, 15) is 9.59 Å². The molecule has 0 unspecified atom stereocenters. The minimum atomic E-state index is -0.961. The van der Waals surface area contributed by atoms with Crippen LogP contribution in [0.25, 0.3) is 0 Å². The quantitative estimate of drug-likeness (QED) is 0.875. The van der Waals surface area contributed by atoms with Gasteiger partial charge < -0.3 is 19.5 Å². The largest absolute Gasteiger partial charge is 0.497 e. The van der Waals surface area contributed by atoms with Crippen LogP contribution in [0.5, 0.6) is 11.5 Å². The predicted octanol–water partition coefficient (Wildman–Crippen LogP) is 1.15. The summed E-state index contributed by atoms with van der Waals surface area (Å²) in [5.74, 6) is -0.113. The summed E-state index contributed by atoms with van der Waals surface area (Å²) in [6.45, 7) is 0.300. The van der Waals surface area contributed by atoms with Crippen LogP contribution < -0.4 is 9.47 Å². The third kappa shape index (κ3) is 3.20. The molecule has 0 aromatic heterocycles. The summed E-state index contributed by atoms with van der Waals surface area (Å²) in [5, 5.41) is 9.03. The average Bonchev–Trinajstić information content (AvgIpc) is 2.94. The van der Waals surface area contributed by atoms with Gasteiger partial charge in [0, 0.05) is 12.6 Å². The molecule has 0 saturated carbocycles. The van der Waals surface area contributed by atoms with Crippen molar-refractivity contribution in [1.29, 1.82) is 0 Å². The van der Waals surface area contributed by atoms with Gasteiger partial charge in [0.1, 0.15) is 17.5 Å². The van der Waals surface area contributed by atoms with Gasteiger partial charge in [0.25, 0.3) is 5.91 Å². The molecule has 1 saturated heterocycles. The molecule has 0 spiro atoms. The van der Waals surface area contributed by atoms with Gasteiger partial charge in [-0.05, 0) is 25.0 Å². The molecule has 6 heteroatoms. The van der Waals surface area contributed by atoms with Gasteiger partial charge in [-0.15, -0.1) is 0 Å². The van der Waals surface area contributed by atoms with Crippen molar-refractivity contribution in [3.8, 4) is 11.5 Å². The van der Waals surface area contributed by atoms with E-state index in [4.69, 9.17) is 14.6 Å². The zero-order valence-electron chi connectivity index (χ0n) is 11.2. The first-order valence-electron chi connectivity index (χ1n) is 6.41. The number of nitrogens with zero attached hydrogens (tertiary/aromatic N) is 1. The van der Waals surface area contributed by atoms with Gasteiger partial charge in [0.05, 0.1) is 7.11 Å². The summed E-state index contributed by atoms with van der Waals surface area (Å²) in [4.78, 5) is 24.4. The third-order valence-corrected chi connectivity index (χ3v) is 3.26. The number of rotatable bonds is 5. The van der Waals surface area contributed by atoms with Gasteiger partial charge in [0.15, 0.2) is 6.61 Å². The van der Waals surface area contributed by atoms with Crippen LogP contribution in [0.15, 0.2) is 24.3 Å². The monoisotopic (exact) mass is 279 g/mol. The van der Waals surface area contributed by atoms with E-state index in [0.29, 0.717) is 30.9 Å². The molecular formula is C14H17NO5. The fraction of sp³-hybridized carbons (Fsp3) is 0.429. The van der Waals surface area contributed by atoms with E-state index in [1.807, 2.05) is 0 Å². The fourth-order valence-corrected chi connectivity index (χ4v) is 2.24. The van der Waals surface area contributed by atoms with Crippen molar-refractivity contribution in [2.45, 2.75) is 18.9 Å². The Kier molecular flexibility index (Phi) is 4.45. The van der Waals surface area contributed by atoms with E-state index in [2.05, 4.69) is 0 Å². The van der Waals surface area contributed by atoms with Crippen LogP contribution in [-0.2, 0) is 9.59 Å². The van der Waals surface area contributed by atoms with E-state index < -0.39 is 12.0 Å². The first kappa shape index (κ1) is 14.2. The Morgan fingerprint density at radius 3 is 2.85 bits per heavy atom. The summed E-state index contributed by atoms with van der Waals surface area (Å²) in [7, 11) is 1.55. The second-order valence-electron chi connectivity index (χ2n) is 4.55. The van der Waals surface area contributed by atoms with Gasteiger partial charge in [-0.3, -0.25) is 4.79 Å². The van der Waals surface area contributed by atoms with Gasteiger partial charge in [-0.25, -0.2) is 4.79 Å². The maximum atomic E-state index is 12.0. The van der Waals surface area contributed by atoms with Crippen molar-refractivity contribution < 1.29 is 24.2 Å². The summed E-state index contributed by atoms with van der Waals surface area (Å²) >= 11 is 0. The Bertz CT molecular complexity index is 502. The highest BCUT2D eigenvalue weighted by Crippen LogP contribution is 2.20. The number of hydrogen-bond donors (Lipinski definition) is 1. The number of methoxy groups -OCH3 is 1. The molecule has 1 atom stereocenters. The minimum absolute atomic E-state index is 0.170. The van der Waals surface area contributed by atoms with Gasteiger partial charge in [0.2, 0.25) is 0 Å². The summed E-state index contributed by atoms with van der Waals surface area (Å²) in [6, 6.07) is 6.20. The molecule has 20 heavy (non-hydrogen) atoms. The Labute approximate surface area is 116 Å². The van der Waals surface area contributed by atoms with Crippen molar-refractivity contribution in [1.82, 2.24) is 4.90 Å². The first-order chi connectivity index (χ1) is 9.61. The van der Waals surface area contributed by atoms with Gasteiger partial charge >= 0.3 is 5.97 Å². The Hall–Kier alpha value is -2.24. The standard InChI is InChI=1S/C14H17NO5/c1-19-10-4-2-5-11(8-10)20-9-13(16)15-7-3-6-12(15)14(17)18/h2,4-5,8,12H,3,6-7,9H2,1H3,(H,17,18)/t12-/m0/s1. The topological polar surface area (TPSA) is 76.1 Å². The Balaban J connectivity index is 1.93. The highest BCUT2D eigenvalue weighted by atomic mass is 16.5. The number of amides is 1. The molecule has 1 aliphatic heterocycles. The molecule has 1 heterocycles. The lowest BCUT2D eigenvalue weighted by Gasteiger charge is -2.21. The number of carbonyl (C=O) groups is 2. The zero-order chi connectivity index (χ0) is 14.5. The van der Waals surface area contributed by atoms with E-state index in [0.717, 1.165) is 0 Å². The van der Waals surface area contributed by atoms with Crippen LogP contribution in [-0.4, -0.2) is 48.2 Å². The summed E-state index contributed by atoms with van der Waals surface area (Å²) in [6.07, 6.45) is 1.21. The lowest BCUT2D eigenvalue weighted by Crippen LogP contribution is -2.42. The van der Waals surface area contributed by atoms with Crippen LogP contribution in [0.2, 0.25) is 0 Å². The number of carboxylic acid groups (broad SMARTS) is 1. The fourth-order valence-electron chi connectivity index (χ4n) is 2.24. The minimum Gasteiger partial charge on any atom is -0.497 e. The van der Waals surface area contributed by atoms with E-state index in [1.54, 1.807) is 31.4 Å². The predicted molar refractivity (Wildman–Crippen MR) is 70.9 cm³/mol. The Morgan fingerprint density at radius 2 is 2.15 bits per heavy atom. The zero-order valence-corrected chi connectivity index (χ0v) is 11.2. The maximum absolute atomic E-state index is 12.0. The molecule has 2 rings (SSSR count). The lowest BCUT2D eigenvalue weighted by atomic mass is 10.2. The van der Waals surface area contributed by atoms with Crippen molar-refractivity contribution in [2.24, 2.45) is 0 Å². The van der Waals surface area contributed by atoms with E-state index in [-0.39, 0.29) is 12.5 Å². The lowest BCUT2D eigenvalue weighted by molar-refractivity contribution is -0.148. The van der Waals surface area contributed by atoms with Crippen molar-refractivity contribution in [2.75, 3.05) is 20.3 Å². The van der Waals surface area contributed by atoms with Gasteiger partial charge in [-0.1, -0.05) is 6.07 Å². The smallest absolute Gasteiger partial charge is 0.326 e. The molecule has 6 nitrogen and oxygen atoms in total. The molecule has 1 aromatic carbocycles. The molecule has 1 aliphatic rings. The molecule has 1 aromatic rings. The molecule has 1 amide bonds. The van der Waals surface area contributed by atoms with Crippen molar-refractivity contribution in [3.05, 3.63) is 24.3 Å². The number of benzene rings is 1. The molecule has 0 radical (unpaired) electrons. The highest BCUT2D eigenvalue weighted by molar-refractivity contribution is 5.85. The maximum Gasteiger partial charge on any atom is 0.326 e. The summed E-state index contributed by atoms with van der Waals surface area (Å²) in [5.41, 5.74) is 0. The number of hydrogen-bond acceptors (Lipinski definition) is 4. The van der Waals surface area contributed by atoms with Crippen LogP contribution in [0.3, 0.4) is 0 Å². The number of aliphatic carboxylic acids is 1. The molecule has 0 bridgehead atoms. The second-order valence-corrected chi connectivity index (χ2v) is 4.55. The number of ether oxygens (including phenoxy) is 2. The number of likely N-dealkylation sites (tertiary alicyclic amines) is 1. The molecule has 1 N–H and O–H groups in total. The van der Waals surface area contributed by atoms with Gasteiger partial charge in [-0.2, -0.15) is 0 Å². The Morgan fingerprint density at radius 1 is 1.40 bits per heavy atom. The van der Waals surface area contributed by atoms with Crippen LogP contribution in [0.4, 0.5) is 0 Å². The number of carboxylic acids is 1. The van der Waals surface area contributed by atoms with Crippen molar-refractivity contribution in [3.63, 3.8) is 0 Å². The normalized spacial score (nSPS) is 17.9. The van der Waals surface area contributed by atoms with Crippen LogP contribution in [0, 0.1) is 0 Å². The SMILES string of the molecule is COc1cccc(OCC(=O)N2CCC[C@H]2C(=O)O)c1. The molecule has 108 valence electrons. The van der Waals surface area contributed by atoms with E-state index in [1.165, 1.54) is 4.90 Å². The first-order valence-corrected chi connectivity index (χ1v) is 6.41. The molecular weight excluding hydrogens is 262 g/mol. The molecule has 0 aliphatic carbocycles. The third-order valence-electron chi connectivity index (χ3n) is 3.26. The summed E-state index contributed by atoms with van der Waals surface area (Å²) < 4.78 is 10.4. The van der Waals surface area contributed by atoms with E-state index >= 15 is 0 Å². The second kappa shape index (κ2) is 6.27. The van der Waals surface area contributed by atoms with Crippen molar-refractivity contribution >= 4 is 11.9 Å². The van der Waals surface area contributed by atoms with Crippen LogP contribution >= 0.6 is 0 Å². The number of carbonyl (C=O) groups excluding carboxylic acids is 1.